The number of hydrogen-bond donors (Lipinski definition) is 0. The minimum atomic E-state index is -0.355. The Labute approximate surface area is 114 Å². The number of hydrogen-bond acceptors (Lipinski definition) is 2. The Hall–Kier alpha value is -2.21. The predicted molar refractivity (Wildman–Crippen MR) is 77.6 cm³/mol. The summed E-state index contributed by atoms with van der Waals surface area (Å²) in [5.74, 6) is 2.35. The van der Waals surface area contributed by atoms with E-state index in [1.54, 1.807) is 0 Å². The van der Waals surface area contributed by atoms with Crippen LogP contribution in [-0.4, -0.2) is 17.6 Å². The zero-order chi connectivity index (χ0) is 14.6. The standard InChI is InChI=1S/C16H19NO2/c1-7-14-12(3)15(17(5)13(14)4)9-8-11(2)10-16(18)19-6/h1,8-10H,2-6H3/b9-8+,11-10-. The van der Waals surface area contributed by atoms with E-state index < -0.39 is 0 Å². The number of methoxy groups -OCH3 is 1. The van der Waals surface area contributed by atoms with Crippen LogP contribution in [0.15, 0.2) is 17.7 Å². The van der Waals surface area contributed by atoms with Gasteiger partial charge >= 0.3 is 5.97 Å². The van der Waals surface area contributed by atoms with Gasteiger partial charge in [0.15, 0.2) is 0 Å². The average Bonchev–Trinajstić information content (AvgIpc) is 2.58. The maximum atomic E-state index is 11.1. The third-order valence-electron chi connectivity index (χ3n) is 3.18. The summed E-state index contributed by atoms with van der Waals surface area (Å²) in [6.45, 7) is 5.85. The van der Waals surface area contributed by atoms with Crippen LogP contribution in [0, 0.1) is 26.2 Å². The number of terminal acetylenes is 1. The number of carbonyl (C=O) groups excluding carboxylic acids is 1. The lowest BCUT2D eigenvalue weighted by molar-refractivity contribution is -0.134. The monoisotopic (exact) mass is 257 g/mol. The van der Waals surface area contributed by atoms with Crippen LogP contribution < -0.4 is 0 Å². The van der Waals surface area contributed by atoms with E-state index >= 15 is 0 Å². The van der Waals surface area contributed by atoms with Gasteiger partial charge in [0.05, 0.1) is 7.11 Å². The molecule has 1 aromatic heterocycles. The second-order valence-corrected chi connectivity index (χ2v) is 4.42. The van der Waals surface area contributed by atoms with E-state index in [4.69, 9.17) is 6.42 Å². The van der Waals surface area contributed by atoms with Crippen LogP contribution in [0.5, 0.6) is 0 Å². The molecule has 3 heteroatoms. The minimum absolute atomic E-state index is 0.355. The molecule has 1 rings (SSSR count). The Morgan fingerprint density at radius 1 is 1.42 bits per heavy atom. The van der Waals surface area contributed by atoms with Crippen LogP contribution in [0.2, 0.25) is 0 Å². The molecule has 0 aliphatic carbocycles. The van der Waals surface area contributed by atoms with Crippen molar-refractivity contribution < 1.29 is 9.53 Å². The van der Waals surface area contributed by atoms with Gasteiger partial charge in [-0.2, -0.15) is 0 Å². The summed E-state index contributed by atoms with van der Waals surface area (Å²) in [6.07, 6.45) is 10.8. The maximum Gasteiger partial charge on any atom is 0.330 e. The Morgan fingerprint density at radius 3 is 2.53 bits per heavy atom. The third-order valence-corrected chi connectivity index (χ3v) is 3.18. The van der Waals surface area contributed by atoms with Gasteiger partial charge in [0.2, 0.25) is 0 Å². The number of nitrogens with zero attached hydrogens (tertiary/aromatic N) is 1. The van der Waals surface area contributed by atoms with Crippen molar-refractivity contribution in [3.8, 4) is 12.3 Å². The van der Waals surface area contributed by atoms with Gasteiger partial charge in [-0.1, -0.05) is 12.0 Å². The van der Waals surface area contributed by atoms with Gasteiger partial charge in [-0.25, -0.2) is 4.79 Å². The average molecular weight is 257 g/mol. The number of aromatic nitrogens is 1. The van der Waals surface area contributed by atoms with Crippen molar-refractivity contribution in [3.05, 3.63) is 40.2 Å². The first-order valence-electron chi connectivity index (χ1n) is 5.99. The van der Waals surface area contributed by atoms with Gasteiger partial charge < -0.3 is 9.30 Å². The molecule has 0 atom stereocenters. The molecule has 0 bridgehead atoms. The molecule has 0 radical (unpaired) electrons. The highest BCUT2D eigenvalue weighted by atomic mass is 16.5. The van der Waals surface area contributed by atoms with E-state index in [1.165, 1.54) is 13.2 Å². The van der Waals surface area contributed by atoms with E-state index in [2.05, 4.69) is 10.7 Å². The van der Waals surface area contributed by atoms with Crippen LogP contribution in [0.3, 0.4) is 0 Å². The molecular formula is C16H19NO2. The molecule has 0 aliphatic heterocycles. The summed E-state index contributed by atoms with van der Waals surface area (Å²) in [5.41, 5.74) is 4.94. The molecule has 0 amide bonds. The van der Waals surface area contributed by atoms with Crippen LogP contribution in [0.1, 0.15) is 29.4 Å². The van der Waals surface area contributed by atoms with Crippen molar-refractivity contribution in [1.29, 1.82) is 0 Å². The zero-order valence-corrected chi connectivity index (χ0v) is 12.1. The van der Waals surface area contributed by atoms with Gasteiger partial charge in [0, 0.05) is 30.1 Å². The fraction of sp³-hybridized carbons (Fsp3) is 0.312. The van der Waals surface area contributed by atoms with Gasteiger partial charge in [0.25, 0.3) is 0 Å². The molecule has 0 unspecified atom stereocenters. The number of rotatable bonds is 3. The van der Waals surface area contributed by atoms with Gasteiger partial charge in [-0.15, -0.1) is 6.42 Å². The minimum Gasteiger partial charge on any atom is -0.466 e. The lowest BCUT2D eigenvalue weighted by Gasteiger charge is -2.01. The van der Waals surface area contributed by atoms with Crippen molar-refractivity contribution in [3.63, 3.8) is 0 Å². The lowest BCUT2D eigenvalue weighted by atomic mass is 10.1. The zero-order valence-electron chi connectivity index (χ0n) is 12.1. The van der Waals surface area contributed by atoms with Crippen molar-refractivity contribution >= 4 is 12.0 Å². The molecule has 0 saturated heterocycles. The maximum absolute atomic E-state index is 11.1. The summed E-state index contributed by atoms with van der Waals surface area (Å²) in [4.78, 5) is 11.1. The van der Waals surface area contributed by atoms with Crippen molar-refractivity contribution in [2.75, 3.05) is 7.11 Å². The number of ether oxygens (including phenoxy) is 1. The Morgan fingerprint density at radius 2 is 2.05 bits per heavy atom. The van der Waals surface area contributed by atoms with E-state index in [1.807, 2.05) is 44.5 Å². The van der Waals surface area contributed by atoms with E-state index in [-0.39, 0.29) is 5.97 Å². The number of esters is 1. The second kappa shape index (κ2) is 6.10. The summed E-state index contributed by atoms with van der Waals surface area (Å²) >= 11 is 0. The van der Waals surface area contributed by atoms with Crippen LogP contribution >= 0.6 is 0 Å². The van der Waals surface area contributed by atoms with Crippen LogP contribution in [-0.2, 0) is 16.6 Å². The van der Waals surface area contributed by atoms with Crippen molar-refractivity contribution in [2.45, 2.75) is 20.8 Å². The molecule has 19 heavy (non-hydrogen) atoms. The molecule has 0 spiro atoms. The van der Waals surface area contributed by atoms with E-state index in [0.29, 0.717) is 0 Å². The molecule has 3 nitrogen and oxygen atoms in total. The molecule has 1 aromatic rings. The lowest BCUT2D eigenvalue weighted by Crippen LogP contribution is -1.95. The molecule has 1 heterocycles. The van der Waals surface area contributed by atoms with Crippen molar-refractivity contribution in [1.82, 2.24) is 4.57 Å². The van der Waals surface area contributed by atoms with Gasteiger partial charge in [-0.05, 0) is 38.0 Å². The Bertz CT molecular complexity index is 595. The fourth-order valence-electron chi connectivity index (χ4n) is 1.95. The first kappa shape index (κ1) is 14.8. The summed E-state index contributed by atoms with van der Waals surface area (Å²) in [7, 11) is 3.34. The largest absolute Gasteiger partial charge is 0.466 e. The summed E-state index contributed by atoms with van der Waals surface area (Å²) in [6, 6.07) is 0. The van der Waals surface area contributed by atoms with Gasteiger partial charge in [0.1, 0.15) is 0 Å². The smallest absolute Gasteiger partial charge is 0.330 e. The summed E-state index contributed by atoms with van der Waals surface area (Å²) < 4.78 is 6.63. The highest BCUT2D eigenvalue weighted by molar-refractivity contribution is 5.83. The predicted octanol–water partition coefficient (Wildman–Crippen LogP) is 2.76. The highest BCUT2D eigenvalue weighted by Gasteiger charge is 2.10. The topological polar surface area (TPSA) is 31.2 Å². The normalized spacial score (nSPS) is 11.7. The molecule has 0 aromatic carbocycles. The summed E-state index contributed by atoms with van der Waals surface area (Å²) in [5, 5.41) is 0. The Kier molecular flexibility index (Phi) is 4.77. The van der Waals surface area contributed by atoms with E-state index in [0.717, 1.165) is 28.1 Å². The first-order valence-corrected chi connectivity index (χ1v) is 5.99. The quantitative estimate of drug-likeness (QED) is 0.361. The Balaban J connectivity index is 3.11. The van der Waals surface area contributed by atoms with Crippen LogP contribution in [0.25, 0.3) is 6.08 Å². The molecule has 0 saturated carbocycles. The first-order chi connectivity index (χ1) is 8.92. The molecular weight excluding hydrogens is 238 g/mol. The van der Waals surface area contributed by atoms with Crippen LogP contribution in [0.4, 0.5) is 0 Å². The second-order valence-electron chi connectivity index (χ2n) is 4.42. The highest BCUT2D eigenvalue weighted by Crippen LogP contribution is 2.21. The van der Waals surface area contributed by atoms with Crippen molar-refractivity contribution in [2.24, 2.45) is 7.05 Å². The number of carbonyl (C=O) groups is 1. The molecule has 0 N–H and O–H groups in total. The number of allylic oxidation sites excluding steroid dienone is 2. The van der Waals surface area contributed by atoms with E-state index in [9.17, 15) is 4.79 Å². The third kappa shape index (κ3) is 3.17. The molecule has 0 fully saturated rings. The molecule has 0 aliphatic rings. The fourth-order valence-corrected chi connectivity index (χ4v) is 1.95. The molecule has 100 valence electrons. The van der Waals surface area contributed by atoms with Gasteiger partial charge in [-0.3, -0.25) is 0 Å². The SMILES string of the molecule is C#Cc1c(C)c(/C=C/C(C)=C\C(=O)OC)n(C)c1C.